The molecule has 1 aliphatic rings. The quantitative estimate of drug-likeness (QED) is 0.882. The summed E-state index contributed by atoms with van der Waals surface area (Å²) in [6.45, 7) is 4.06. The molecule has 2 heterocycles. The number of carbonyl (C=O) groups excluding carboxylic acids is 1. The Morgan fingerprint density at radius 3 is 2.83 bits per heavy atom. The number of carbonyl (C=O) groups is 1. The van der Waals surface area contributed by atoms with Crippen molar-refractivity contribution in [3.05, 3.63) is 20.8 Å². The average Bonchev–Trinajstić information content (AvgIpc) is 2.89. The van der Waals surface area contributed by atoms with Gasteiger partial charge in [-0.05, 0) is 48.0 Å². The van der Waals surface area contributed by atoms with Crippen LogP contribution in [0, 0.1) is 5.41 Å². The van der Waals surface area contributed by atoms with Crippen molar-refractivity contribution in [1.29, 1.82) is 0 Å². The number of primary amides is 1. The van der Waals surface area contributed by atoms with Crippen molar-refractivity contribution in [3.8, 4) is 0 Å². The van der Waals surface area contributed by atoms with E-state index in [0.717, 1.165) is 16.8 Å². The van der Waals surface area contributed by atoms with E-state index < -0.39 is 5.41 Å². The molecular formula is C12H18BrN3OS. The van der Waals surface area contributed by atoms with E-state index in [-0.39, 0.29) is 11.9 Å². The Balaban J connectivity index is 2.14. The molecule has 1 saturated heterocycles. The highest BCUT2D eigenvalue weighted by Gasteiger charge is 2.41. The minimum absolute atomic E-state index is 0.183. The topological polar surface area (TPSA) is 72.4 Å². The predicted octanol–water partition coefficient (Wildman–Crippen LogP) is 1.71. The van der Waals surface area contributed by atoms with Crippen molar-refractivity contribution in [2.24, 2.45) is 16.9 Å². The Morgan fingerprint density at radius 2 is 2.39 bits per heavy atom. The second kappa shape index (κ2) is 5.28. The van der Waals surface area contributed by atoms with Gasteiger partial charge in [-0.25, -0.2) is 0 Å². The number of halogens is 1. The van der Waals surface area contributed by atoms with Crippen molar-refractivity contribution in [3.63, 3.8) is 0 Å². The third-order valence-corrected chi connectivity index (χ3v) is 5.41. The summed E-state index contributed by atoms with van der Waals surface area (Å²) < 4.78 is 1.10. The Labute approximate surface area is 119 Å². The van der Waals surface area contributed by atoms with Crippen molar-refractivity contribution in [2.75, 3.05) is 19.6 Å². The molecule has 18 heavy (non-hydrogen) atoms. The lowest BCUT2D eigenvalue weighted by Gasteiger charge is -2.27. The average molecular weight is 332 g/mol. The molecule has 4 N–H and O–H groups in total. The Kier molecular flexibility index (Phi) is 4.11. The fourth-order valence-electron chi connectivity index (χ4n) is 2.42. The molecule has 0 saturated carbocycles. The van der Waals surface area contributed by atoms with Crippen LogP contribution in [0.5, 0.6) is 0 Å². The third-order valence-electron chi connectivity index (χ3n) is 3.68. The first kappa shape index (κ1) is 14.0. The highest BCUT2D eigenvalue weighted by molar-refractivity contribution is 9.11. The Bertz CT molecular complexity index is 450. The number of rotatable bonds is 4. The van der Waals surface area contributed by atoms with E-state index >= 15 is 0 Å². The summed E-state index contributed by atoms with van der Waals surface area (Å²) in [4.78, 5) is 15.0. The first-order valence-corrected chi connectivity index (χ1v) is 7.56. The molecule has 100 valence electrons. The normalized spacial score (nSPS) is 26.4. The molecule has 2 atom stereocenters. The molecule has 0 spiro atoms. The van der Waals surface area contributed by atoms with E-state index in [1.54, 1.807) is 11.3 Å². The van der Waals surface area contributed by atoms with Gasteiger partial charge in [-0.3, -0.25) is 9.69 Å². The molecule has 1 aliphatic heterocycles. The van der Waals surface area contributed by atoms with Gasteiger partial charge in [0.05, 0.1) is 15.2 Å². The van der Waals surface area contributed by atoms with Crippen LogP contribution in [0.15, 0.2) is 15.9 Å². The highest BCUT2D eigenvalue weighted by Crippen LogP contribution is 2.37. The summed E-state index contributed by atoms with van der Waals surface area (Å²) in [5, 5.41) is 0. The maximum atomic E-state index is 11.5. The van der Waals surface area contributed by atoms with E-state index in [2.05, 4.69) is 26.9 Å². The fourth-order valence-corrected chi connectivity index (χ4v) is 3.99. The van der Waals surface area contributed by atoms with E-state index in [1.165, 1.54) is 4.88 Å². The fraction of sp³-hybridized carbons (Fsp3) is 0.583. The van der Waals surface area contributed by atoms with Gasteiger partial charge in [-0.2, -0.15) is 0 Å². The summed E-state index contributed by atoms with van der Waals surface area (Å²) in [6, 6.07) is 4.31. The zero-order valence-electron chi connectivity index (χ0n) is 10.4. The van der Waals surface area contributed by atoms with Crippen molar-refractivity contribution in [2.45, 2.75) is 19.4 Å². The molecule has 2 rings (SSSR count). The number of nitrogens with two attached hydrogens (primary N) is 2. The van der Waals surface area contributed by atoms with E-state index in [1.807, 2.05) is 13.0 Å². The van der Waals surface area contributed by atoms with Gasteiger partial charge in [0.15, 0.2) is 0 Å². The molecule has 1 fully saturated rings. The third kappa shape index (κ3) is 2.61. The summed E-state index contributed by atoms with van der Waals surface area (Å²) in [5.41, 5.74) is 11.0. The van der Waals surface area contributed by atoms with Crippen LogP contribution in [0.3, 0.4) is 0 Å². The first-order valence-electron chi connectivity index (χ1n) is 5.95. The van der Waals surface area contributed by atoms with Crippen LogP contribution in [0.25, 0.3) is 0 Å². The standard InChI is InChI=1S/C12H18BrN3OS/c1-12(11(15)17)4-5-16(7-12)8(6-14)9-2-3-10(13)18-9/h2-3,8H,4-7,14H2,1H3,(H2,15,17). The van der Waals surface area contributed by atoms with Crippen LogP contribution >= 0.6 is 27.3 Å². The molecule has 6 heteroatoms. The molecular weight excluding hydrogens is 314 g/mol. The van der Waals surface area contributed by atoms with E-state index in [9.17, 15) is 4.79 Å². The van der Waals surface area contributed by atoms with Crippen LogP contribution < -0.4 is 11.5 Å². The zero-order valence-corrected chi connectivity index (χ0v) is 12.8. The molecule has 0 aromatic carbocycles. The minimum atomic E-state index is -0.415. The van der Waals surface area contributed by atoms with Gasteiger partial charge in [0.2, 0.25) is 5.91 Å². The SMILES string of the molecule is CC1(C(N)=O)CCN(C(CN)c2ccc(Br)s2)C1. The second-order valence-corrected chi connectivity index (χ2v) is 7.53. The largest absolute Gasteiger partial charge is 0.369 e. The summed E-state index contributed by atoms with van der Waals surface area (Å²) in [7, 11) is 0. The Morgan fingerprint density at radius 1 is 1.67 bits per heavy atom. The first-order chi connectivity index (χ1) is 8.46. The van der Waals surface area contributed by atoms with Gasteiger partial charge < -0.3 is 11.5 Å². The number of likely N-dealkylation sites (tertiary alicyclic amines) is 1. The molecule has 0 radical (unpaired) electrons. The number of hydrogen-bond donors (Lipinski definition) is 2. The van der Waals surface area contributed by atoms with Crippen LogP contribution in [-0.2, 0) is 4.79 Å². The van der Waals surface area contributed by atoms with Crippen molar-refractivity contribution >= 4 is 33.2 Å². The second-order valence-electron chi connectivity index (χ2n) is 5.04. The molecule has 1 amide bonds. The van der Waals surface area contributed by atoms with E-state index in [0.29, 0.717) is 13.1 Å². The lowest BCUT2D eigenvalue weighted by molar-refractivity contribution is -0.126. The predicted molar refractivity (Wildman–Crippen MR) is 77.3 cm³/mol. The lowest BCUT2D eigenvalue weighted by Crippen LogP contribution is -2.39. The molecule has 1 aromatic rings. The molecule has 0 bridgehead atoms. The molecule has 2 unspecified atom stereocenters. The monoisotopic (exact) mass is 331 g/mol. The summed E-state index contributed by atoms with van der Waals surface area (Å²) in [6.07, 6.45) is 0.811. The van der Waals surface area contributed by atoms with Gasteiger partial charge in [0.1, 0.15) is 0 Å². The summed E-state index contributed by atoms with van der Waals surface area (Å²) >= 11 is 5.16. The van der Waals surface area contributed by atoms with Crippen LogP contribution in [0.4, 0.5) is 0 Å². The minimum Gasteiger partial charge on any atom is -0.369 e. The van der Waals surface area contributed by atoms with Crippen LogP contribution in [-0.4, -0.2) is 30.4 Å². The number of amides is 1. The van der Waals surface area contributed by atoms with Crippen molar-refractivity contribution < 1.29 is 4.79 Å². The Hall–Kier alpha value is -0.430. The smallest absolute Gasteiger partial charge is 0.224 e. The molecule has 0 aliphatic carbocycles. The molecule has 4 nitrogen and oxygen atoms in total. The number of nitrogens with zero attached hydrogens (tertiary/aromatic N) is 1. The van der Waals surface area contributed by atoms with Crippen molar-refractivity contribution in [1.82, 2.24) is 4.90 Å². The van der Waals surface area contributed by atoms with Gasteiger partial charge in [0.25, 0.3) is 0 Å². The van der Waals surface area contributed by atoms with E-state index in [4.69, 9.17) is 11.5 Å². The number of hydrogen-bond acceptors (Lipinski definition) is 4. The van der Waals surface area contributed by atoms with Gasteiger partial charge in [0, 0.05) is 18.0 Å². The van der Waals surface area contributed by atoms with Gasteiger partial charge in [-0.15, -0.1) is 11.3 Å². The summed E-state index contributed by atoms with van der Waals surface area (Å²) in [5.74, 6) is -0.215. The lowest BCUT2D eigenvalue weighted by atomic mass is 9.89. The van der Waals surface area contributed by atoms with Gasteiger partial charge in [-0.1, -0.05) is 0 Å². The van der Waals surface area contributed by atoms with Gasteiger partial charge >= 0.3 is 0 Å². The maximum Gasteiger partial charge on any atom is 0.224 e. The van der Waals surface area contributed by atoms with Crippen LogP contribution in [0.1, 0.15) is 24.3 Å². The van der Waals surface area contributed by atoms with Crippen LogP contribution in [0.2, 0.25) is 0 Å². The number of thiophene rings is 1. The molecule has 1 aromatic heterocycles. The maximum absolute atomic E-state index is 11.5. The highest BCUT2D eigenvalue weighted by atomic mass is 79.9. The zero-order chi connectivity index (χ0) is 13.3.